The lowest BCUT2D eigenvalue weighted by molar-refractivity contribution is -0.151. The summed E-state index contributed by atoms with van der Waals surface area (Å²) in [4.78, 5) is 29.5. The Morgan fingerprint density at radius 2 is 1.85 bits per heavy atom. The zero-order valence-electron chi connectivity index (χ0n) is 14.2. The van der Waals surface area contributed by atoms with Crippen LogP contribution in [0.25, 0.3) is 0 Å². The first-order chi connectivity index (χ1) is 12.6. The summed E-state index contributed by atoms with van der Waals surface area (Å²) >= 11 is 0. The van der Waals surface area contributed by atoms with Crippen LogP contribution in [0, 0.1) is 0 Å². The second kappa shape index (κ2) is 7.23. The molecule has 2 aromatic carbocycles. The number of ether oxygens (including phenoxy) is 3. The number of esters is 2. The molecule has 0 aliphatic carbocycles. The normalized spacial score (nSPS) is 18.7. The van der Waals surface area contributed by atoms with E-state index in [0.29, 0.717) is 17.1 Å². The topological polar surface area (TPSA) is 74.2 Å². The van der Waals surface area contributed by atoms with Crippen LogP contribution in [-0.2, 0) is 14.3 Å². The van der Waals surface area contributed by atoms with Gasteiger partial charge in [0.1, 0.15) is 11.5 Å². The fourth-order valence-electron chi connectivity index (χ4n) is 2.50. The Labute approximate surface area is 150 Å². The smallest absolute Gasteiger partial charge is 0.353 e. The molecule has 0 radical (unpaired) electrons. The second-order valence-corrected chi connectivity index (χ2v) is 5.59. The molecule has 6 nitrogen and oxygen atoms in total. The van der Waals surface area contributed by atoms with Crippen molar-refractivity contribution in [1.82, 2.24) is 0 Å². The van der Waals surface area contributed by atoms with Gasteiger partial charge in [0.05, 0.1) is 7.11 Å². The van der Waals surface area contributed by atoms with E-state index in [4.69, 9.17) is 14.2 Å². The van der Waals surface area contributed by atoms with Crippen molar-refractivity contribution < 1.29 is 23.8 Å². The van der Waals surface area contributed by atoms with Crippen molar-refractivity contribution >= 4 is 17.8 Å². The molecule has 6 heteroatoms. The molecule has 0 bridgehead atoms. The Hall–Kier alpha value is -3.41. The van der Waals surface area contributed by atoms with Gasteiger partial charge in [0, 0.05) is 12.0 Å². The van der Waals surface area contributed by atoms with E-state index < -0.39 is 17.5 Å². The van der Waals surface area contributed by atoms with Crippen molar-refractivity contribution in [3.8, 4) is 11.5 Å². The minimum atomic E-state index is -1.80. The van der Waals surface area contributed by atoms with E-state index in [-0.39, 0.29) is 12.3 Å². The molecule has 0 N–H and O–H groups in total. The van der Waals surface area contributed by atoms with Gasteiger partial charge in [0.25, 0.3) is 5.54 Å². The van der Waals surface area contributed by atoms with Gasteiger partial charge >= 0.3 is 11.9 Å². The molecule has 0 spiro atoms. The number of aliphatic imine (C=N–C) groups is 1. The first-order valence-electron chi connectivity index (χ1n) is 7.94. The third-order valence-electron chi connectivity index (χ3n) is 3.89. The Morgan fingerprint density at radius 1 is 1.15 bits per heavy atom. The standard InChI is InChI=1S/C20H17NO5/c1-3-13-20(18(22)25-16-7-5-4-6-8-16)19(23)26-17(21-20)14-9-11-15(24-2)12-10-14/h3-12H,1,13H2,2H3/t20-/m1/s1. The summed E-state index contributed by atoms with van der Waals surface area (Å²) in [7, 11) is 1.55. The van der Waals surface area contributed by atoms with E-state index in [0.717, 1.165) is 0 Å². The monoisotopic (exact) mass is 351 g/mol. The fraction of sp³-hybridized carbons (Fsp3) is 0.150. The van der Waals surface area contributed by atoms with Crippen LogP contribution in [0.1, 0.15) is 12.0 Å². The quantitative estimate of drug-likeness (QED) is 0.346. The lowest BCUT2D eigenvalue weighted by atomic mass is 9.97. The summed E-state index contributed by atoms with van der Waals surface area (Å²) in [6, 6.07) is 15.3. The Bertz CT molecular complexity index is 858. The van der Waals surface area contributed by atoms with Gasteiger partial charge in [0.2, 0.25) is 5.90 Å². The molecule has 0 saturated carbocycles. The highest BCUT2D eigenvalue weighted by Crippen LogP contribution is 2.30. The van der Waals surface area contributed by atoms with Crippen LogP contribution in [0.5, 0.6) is 11.5 Å². The summed E-state index contributed by atoms with van der Waals surface area (Å²) in [5, 5.41) is 0. The summed E-state index contributed by atoms with van der Waals surface area (Å²) < 4.78 is 15.7. The van der Waals surface area contributed by atoms with Gasteiger partial charge in [-0.05, 0) is 36.4 Å². The molecule has 0 saturated heterocycles. The maximum Gasteiger partial charge on any atom is 0.353 e. The minimum absolute atomic E-state index is 0.0306. The van der Waals surface area contributed by atoms with E-state index in [9.17, 15) is 9.59 Å². The molecular formula is C20H17NO5. The molecule has 132 valence electrons. The van der Waals surface area contributed by atoms with Gasteiger partial charge in [-0.15, -0.1) is 6.58 Å². The van der Waals surface area contributed by atoms with Gasteiger partial charge < -0.3 is 14.2 Å². The molecule has 0 unspecified atom stereocenters. The largest absolute Gasteiger partial charge is 0.497 e. The summed E-state index contributed by atoms with van der Waals surface area (Å²) in [5.41, 5.74) is -1.25. The van der Waals surface area contributed by atoms with Gasteiger partial charge in [0.15, 0.2) is 0 Å². The highest BCUT2D eigenvalue weighted by Gasteiger charge is 2.53. The highest BCUT2D eigenvalue weighted by molar-refractivity contribution is 6.17. The van der Waals surface area contributed by atoms with Gasteiger partial charge in [-0.25, -0.2) is 14.6 Å². The lowest BCUT2D eigenvalue weighted by Crippen LogP contribution is -2.45. The number of methoxy groups -OCH3 is 1. The number of hydrogen-bond acceptors (Lipinski definition) is 6. The lowest BCUT2D eigenvalue weighted by Gasteiger charge is -2.18. The molecule has 1 aliphatic heterocycles. The number of benzene rings is 2. The molecule has 1 heterocycles. The van der Waals surface area contributed by atoms with E-state index in [1.54, 1.807) is 61.7 Å². The van der Waals surface area contributed by atoms with Crippen LogP contribution in [-0.4, -0.2) is 30.5 Å². The van der Waals surface area contributed by atoms with Crippen molar-refractivity contribution in [3.05, 3.63) is 72.8 Å². The molecule has 26 heavy (non-hydrogen) atoms. The number of carbonyl (C=O) groups excluding carboxylic acids is 2. The molecule has 0 fully saturated rings. The van der Waals surface area contributed by atoms with Crippen molar-refractivity contribution in [2.24, 2.45) is 4.99 Å². The summed E-state index contributed by atoms with van der Waals surface area (Å²) in [6.45, 7) is 3.61. The predicted molar refractivity (Wildman–Crippen MR) is 95.2 cm³/mol. The average molecular weight is 351 g/mol. The third-order valence-corrected chi connectivity index (χ3v) is 3.89. The first kappa shape index (κ1) is 17.4. The Morgan fingerprint density at radius 3 is 2.46 bits per heavy atom. The van der Waals surface area contributed by atoms with Crippen LogP contribution >= 0.6 is 0 Å². The minimum Gasteiger partial charge on any atom is -0.497 e. The van der Waals surface area contributed by atoms with Crippen molar-refractivity contribution in [3.63, 3.8) is 0 Å². The summed E-state index contributed by atoms with van der Waals surface area (Å²) in [6.07, 6.45) is 1.41. The van der Waals surface area contributed by atoms with E-state index >= 15 is 0 Å². The molecule has 2 aromatic rings. The number of para-hydroxylation sites is 1. The number of hydrogen-bond donors (Lipinski definition) is 0. The average Bonchev–Trinajstić information content (AvgIpc) is 3.00. The van der Waals surface area contributed by atoms with Gasteiger partial charge in [-0.2, -0.15) is 0 Å². The highest BCUT2D eigenvalue weighted by atomic mass is 16.6. The van der Waals surface area contributed by atoms with Crippen LogP contribution in [0.4, 0.5) is 0 Å². The SMILES string of the molecule is C=CC[C@]1(C(=O)Oc2ccccc2)N=C(c2ccc(OC)cc2)OC1=O. The molecule has 1 atom stereocenters. The maximum atomic E-state index is 12.7. The number of nitrogens with zero attached hydrogens (tertiary/aromatic N) is 1. The molecule has 3 rings (SSSR count). The number of cyclic esters (lactones) is 1. The zero-order chi connectivity index (χ0) is 18.6. The van der Waals surface area contributed by atoms with Crippen LogP contribution < -0.4 is 9.47 Å². The van der Waals surface area contributed by atoms with Gasteiger partial charge in [-0.1, -0.05) is 24.3 Å². The zero-order valence-corrected chi connectivity index (χ0v) is 14.2. The molecular weight excluding hydrogens is 334 g/mol. The molecule has 0 amide bonds. The summed E-state index contributed by atoms with van der Waals surface area (Å²) in [5.74, 6) is -0.563. The number of carbonyl (C=O) groups is 2. The second-order valence-electron chi connectivity index (χ2n) is 5.59. The Kier molecular flexibility index (Phi) is 4.84. The number of rotatable bonds is 6. The van der Waals surface area contributed by atoms with Crippen molar-refractivity contribution in [2.45, 2.75) is 12.0 Å². The van der Waals surface area contributed by atoms with E-state index in [1.807, 2.05) is 0 Å². The van der Waals surface area contributed by atoms with E-state index in [1.165, 1.54) is 6.08 Å². The fourth-order valence-corrected chi connectivity index (χ4v) is 2.50. The third kappa shape index (κ3) is 3.21. The van der Waals surface area contributed by atoms with Crippen LogP contribution in [0.2, 0.25) is 0 Å². The van der Waals surface area contributed by atoms with Gasteiger partial charge in [-0.3, -0.25) is 0 Å². The van der Waals surface area contributed by atoms with Crippen LogP contribution in [0.15, 0.2) is 72.2 Å². The first-order valence-corrected chi connectivity index (χ1v) is 7.94. The molecule has 1 aliphatic rings. The van der Waals surface area contributed by atoms with Crippen molar-refractivity contribution in [2.75, 3.05) is 7.11 Å². The Balaban J connectivity index is 1.93. The van der Waals surface area contributed by atoms with Crippen molar-refractivity contribution in [1.29, 1.82) is 0 Å². The predicted octanol–water partition coefficient (Wildman–Crippen LogP) is 2.92. The van der Waals surface area contributed by atoms with E-state index in [2.05, 4.69) is 11.6 Å². The maximum absolute atomic E-state index is 12.7. The molecule has 0 aromatic heterocycles. The van der Waals surface area contributed by atoms with Crippen LogP contribution in [0.3, 0.4) is 0 Å².